The number of urea groups is 1. The van der Waals surface area contributed by atoms with E-state index in [1.54, 1.807) is 23.2 Å². The molecule has 1 N–H and O–H groups in total. The number of aromatic nitrogens is 1. The summed E-state index contributed by atoms with van der Waals surface area (Å²) >= 11 is 0. The monoisotopic (exact) mass is 372 g/mol. The SMILES string of the molecule is CCN1CCN(C(=O)Nc2cc(OC)c(OC)c(OC)c2)c2cccnc21. The second-order valence-corrected chi connectivity index (χ2v) is 5.92. The van der Waals surface area contributed by atoms with Gasteiger partial charge in [0.05, 0.1) is 32.7 Å². The van der Waals surface area contributed by atoms with Crippen molar-refractivity contribution >= 4 is 23.2 Å². The minimum absolute atomic E-state index is 0.241. The molecule has 0 fully saturated rings. The molecule has 2 heterocycles. The summed E-state index contributed by atoms with van der Waals surface area (Å²) in [7, 11) is 4.61. The smallest absolute Gasteiger partial charge is 0.326 e. The Labute approximate surface area is 158 Å². The fourth-order valence-corrected chi connectivity index (χ4v) is 3.15. The third-order valence-electron chi connectivity index (χ3n) is 4.49. The molecular weight excluding hydrogens is 348 g/mol. The Morgan fingerprint density at radius 1 is 1.15 bits per heavy atom. The first-order chi connectivity index (χ1) is 13.1. The third kappa shape index (κ3) is 3.55. The lowest BCUT2D eigenvalue weighted by Gasteiger charge is -2.36. The number of anilines is 3. The van der Waals surface area contributed by atoms with Crippen molar-refractivity contribution in [1.82, 2.24) is 4.98 Å². The van der Waals surface area contributed by atoms with Crippen LogP contribution in [-0.4, -0.2) is 52.0 Å². The average molecular weight is 372 g/mol. The summed E-state index contributed by atoms with van der Waals surface area (Å²) in [5.74, 6) is 2.24. The maximum absolute atomic E-state index is 12.9. The highest BCUT2D eigenvalue weighted by atomic mass is 16.5. The molecule has 0 saturated heterocycles. The van der Waals surface area contributed by atoms with Crippen LogP contribution in [-0.2, 0) is 0 Å². The van der Waals surface area contributed by atoms with Gasteiger partial charge in [0.25, 0.3) is 0 Å². The van der Waals surface area contributed by atoms with Gasteiger partial charge in [-0.3, -0.25) is 4.90 Å². The predicted molar refractivity (Wildman–Crippen MR) is 105 cm³/mol. The second-order valence-electron chi connectivity index (χ2n) is 5.92. The van der Waals surface area contributed by atoms with Gasteiger partial charge in [-0.15, -0.1) is 0 Å². The van der Waals surface area contributed by atoms with Gasteiger partial charge < -0.3 is 24.4 Å². The van der Waals surface area contributed by atoms with Gasteiger partial charge in [-0.2, -0.15) is 0 Å². The van der Waals surface area contributed by atoms with E-state index >= 15 is 0 Å². The van der Waals surface area contributed by atoms with Crippen molar-refractivity contribution in [3.63, 3.8) is 0 Å². The lowest BCUT2D eigenvalue weighted by molar-refractivity contribution is 0.256. The highest BCUT2D eigenvalue weighted by Gasteiger charge is 2.27. The van der Waals surface area contributed by atoms with Gasteiger partial charge in [-0.05, 0) is 19.1 Å². The fraction of sp³-hybridized carbons (Fsp3) is 0.368. The Morgan fingerprint density at radius 3 is 2.44 bits per heavy atom. The van der Waals surface area contributed by atoms with E-state index < -0.39 is 0 Å². The molecule has 0 atom stereocenters. The van der Waals surface area contributed by atoms with Crippen molar-refractivity contribution in [2.75, 3.05) is 56.1 Å². The molecule has 144 valence electrons. The molecule has 1 aromatic carbocycles. The number of rotatable bonds is 5. The largest absolute Gasteiger partial charge is 0.493 e. The number of nitrogens with one attached hydrogen (secondary N) is 1. The number of ether oxygens (including phenoxy) is 3. The highest BCUT2D eigenvalue weighted by molar-refractivity contribution is 6.04. The van der Waals surface area contributed by atoms with Gasteiger partial charge in [0.2, 0.25) is 5.75 Å². The van der Waals surface area contributed by atoms with Crippen molar-refractivity contribution in [2.24, 2.45) is 0 Å². The van der Waals surface area contributed by atoms with E-state index in [9.17, 15) is 4.79 Å². The van der Waals surface area contributed by atoms with E-state index in [-0.39, 0.29) is 6.03 Å². The maximum atomic E-state index is 12.9. The van der Waals surface area contributed by atoms with Crippen LogP contribution < -0.4 is 29.3 Å². The van der Waals surface area contributed by atoms with Gasteiger partial charge in [0.1, 0.15) is 0 Å². The first-order valence-corrected chi connectivity index (χ1v) is 8.71. The van der Waals surface area contributed by atoms with Crippen LogP contribution in [0, 0.1) is 0 Å². The molecule has 0 aliphatic carbocycles. The van der Waals surface area contributed by atoms with Crippen LogP contribution in [0.2, 0.25) is 0 Å². The van der Waals surface area contributed by atoms with Crippen LogP contribution in [0.15, 0.2) is 30.5 Å². The van der Waals surface area contributed by atoms with Gasteiger partial charge in [0, 0.05) is 38.0 Å². The first-order valence-electron chi connectivity index (χ1n) is 8.71. The van der Waals surface area contributed by atoms with Gasteiger partial charge >= 0.3 is 6.03 Å². The molecule has 2 amide bonds. The maximum Gasteiger partial charge on any atom is 0.326 e. The third-order valence-corrected chi connectivity index (χ3v) is 4.49. The molecule has 0 bridgehead atoms. The van der Waals surface area contributed by atoms with Crippen molar-refractivity contribution in [3.05, 3.63) is 30.5 Å². The first kappa shape index (κ1) is 18.6. The standard InChI is InChI=1S/C19H24N4O4/c1-5-22-9-10-23(14-7-6-8-20-18(14)22)19(24)21-13-11-15(25-2)17(27-4)16(12-13)26-3/h6-8,11-12H,5,9-10H2,1-4H3,(H,21,24). The minimum atomic E-state index is -0.241. The zero-order valence-corrected chi connectivity index (χ0v) is 16.0. The summed E-state index contributed by atoms with van der Waals surface area (Å²) in [4.78, 5) is 21.2. The van der Waals surface area contributed by atoms with Crippen LogP contribution in [0.4, 0.5) is 22.0 Å². The Bertz CT molecular complexity index is 802. The van der Waals surface area contributed by atoms with Crippen molar-refractivity contribution < 1.29 is 19.0 Å². The summed E-state index contributed by atoms with van der Waals surface area (Å²) < 4.78 is 16.0. The van der Waals surface area contributed by atoms with Crippen molar-refractivity contribution in [2.45, 2.75) is 6.92 Å². The number of carbonyl (C=O) groups excluding carboxylic acids is 1. The molecule has 27 heavy (non-hydrogen) atoms. The van der Waals surface area contributed by atoms with E-state index in [0.717, 1.165) is 24.6 Å². The number of methoxy groups -OCH3 is 3. The lowest BCUT2D eigenvalue weighted by Crippen LogP contribution is -2.46. The Hall–Kier alpha value is -3.16. The van der Waals surface area contributed by atoms with E-state index in [2.05, 4.69) is 22.1 Å². The van der Waals surface area contributed by atoms with Crippen LogP contribution in [0.1, 0.15) is 6.92 Å². The number of benzene rings is 1. The number of likely N-dealkylation sites (N-methyl/N-ethyl adjacent to an activating group) is 1. The molecular formula is C19H24N4O4. The molecule has 0 unspecified atom stereocenters. The lowest BCUT2D eigenvalue weighted by atomic mass is 10.2. The Balaban J connectivity index is 1.88. The van der Waals surface area contributed by atoms with Crippen LogP contribution >= 0.6 is 0 Å². The molecule has 0 spiro atoms. The number of hydrogen-bond acceptors (Lipinski definition) is 6. The van der Waals surface area contributed by atoms with Crippen LogP contribution in [0.5, 0.6) is 17.2 Å². The van der Waals surface area contributed by atoms with Crippen molar-refractivity contribution in [1.29, 1.82) is 0 Å². The number of fused-ring (bicyclic) bond motifs is 1. The molecule has 1 aliphatic heterocycles. The molecule has 1 aliphatic rings. The average Bonchev–Trinajstić information content (AvgIpc) is 2.71. The number of nitrogens with zero attached hydrogens (tertiary/aromatic N) is 3. The zero-order chi connectivity index (χ0) is 19.4. The van der Waals surface area contributed by atoms with E-state index in [4.69, 9.17) is 14.2 Å². The molecule has 8 heteroatoms. The Morgan fingerprint density at radius 2 is 1.85 bits per heavy atom. The van der Waals surface area contributed by atoms with Gasteiger partial charge in [-0.1, -0.05) is 0 Å². The topological polar surface area (TPSA) is 76.2 Å². The zero-order valence-electron chi connectivity index (χ0n) is 16.0. The summed E-state index contributed by atoms with van der Waals surface area (Å²) in [6.45, 7) is 4.21. The van der Waals surface area contributed by atoms with Gasteiger partial charge in [0.15, 0.2) is 17.3 Å². The van der Waals surface area contributed by atoms with Crippen LogP contribution in [0.25, 0.3) is 0 Å². The number of amides is 2. The summed E-state index contributed by atoms with van der Waals surface area (Å²) in [5.41, 5.74) is 1.34. The molecule has 8 nitrogen and oxygen atoms in total. The Kier molecular flexibility index (Phi) is 5.54. The summed E-state index contributed by atoms with van der Waals surface area (Å²) in [6.07, 6.45) is 1.74. The van der Waals surface area contributed by atoms with E-state index in [1.807, 2.05) is 12.1 Å². The van der Waals surface area contributed by atoms with Crippen LogP contribution in [0.3, 0.4) is 0 Å². The summed E-state index contributed by atoms with van der Waals surface area (Å²) in [6, 6.07) is 6.89. The number of pyridine rings is 1. The second kappa shape index (κ2) is 8.03. The normalized spacial score (nSPS) is 13.0. The molecule has 2 aromatic rings. The highest BCUT2D eigenvalue weighted by Crippen LogP contribution is 2.40. The molecule has 3 rings (SSSR count). The van der Waals surface area contributed by atoms with E-state index in [0.29, 0.717) is 29.5 Å². The number of carbonyl (C=O) groups is 1. The van der Waals surface area contributed by atoms with E-state index in [1.165, 1.54) is 21.3 Å². The number of hydrogen-bond donors (Lipinski definition) is 1. The quantitative estimate of drug-likeness (QED) is 0.870. The van der Waals surface area contributed by atoms with Crippen molar-refractivity contribution in [3.8, 4) is 17.2 Å². The predicted octanol–water partition coefficient (Wildman–Crippen LogP) is 2.99. The molecule has 0 saturated carbocycles. The fourth-order valence-electron chi connectivity index (χ4n) is 3.15. The van der Waals surface area contributed by atoms with Gasteiger partial charge in [-0.25, -0.2) is 9.78 Å². The minimum Gasteiger partial charge on any atom is -0.493 e. The molecule has 0 radical (unpaired) electrons. The molecule has 1 aromatic heterocycles. The summed E-state index contributed by atoms with van der Waals surface area (Å²) in [5, 5.41) is 2.91.